The topological polar surface area (TPSA) is 58.6 Å². The number of hydrogen-bond donors (Lipinski definition) is 2. The van der Waals surface area contributed by atoms with E-state index >= 15 is 0 Å². The van der Waals surface area contributed by atoms with Crippen LogP contribution in [0.25, 0.3) is 5.57 Å². The number of aliphatic carboxylic acids is 1. The van der Waals surface area contributed by atoms with Gasteiger partial charge in [-0.05, 0) is 24.0 Å². The van der Waals surface area contributed by atoms with Crippen molar-refractivity contribution in [2.45, 2.75) is 18.9 Å². The molecular weight excluding hydrogens is 314 g/mol. The number of hydrogen-bond acceptors (Lipinski definition) is 3. The third-order valence-electron chi connectivity index (χ3n) is 4.53. The maximum Gasteiger partial charge on any atom is 0.307 e. The number of rotatable bonds is 6. The first kappa shape index (κ1) is 17.2. The van der Waals surface area contributed by atoms with Crippen LogP contribution in [-0.4, -0.2) is 30.3 Å². The van der Waals surface area contributed by atoms with Gasteiger partial charge in [0.25, 0.3) is 0 Å². The molecule has 1 heterocycles. The summed E-state index contributed by atoms with van der Waals surface area (Å²) < 4.78 is 5.87. The highest BCUT2D eigenvalue weighted by Gasteiger charge is 2.25. The Bertz CT molecular complexity index is 663. The van der Waals surface area contributed by atoms with E-state index in [4.69, 9.17) is 9.84 Å². The highest BCUT2D eigenvalue weighted by atomic mass is 16.5. The predicted molar refractivity (Wildman–Crippen MR) is 98.1 cm³/mol. The number of ether oxygens (including phenoxy) is 1. The average Bonchev–Trinajstić information content (AvgIpc) is 2.67. The highest BCUT2D eigenvalue weighted by Crippen LogP contribution is 2.23. The zero-order chi connectivity index (χ0) is 17.5. The van der Waals surface area contributed by atoms with Gasteiger partial charge in [0.15, 0.2) is 0 Å². The molecule has 1 aliphatic heterocycles. The SMILES string of the molecule is O=C(O)[C@@H]1CC[C@@H](COC=C(c2ccccc2)c2ccccc2)NC1. The van der Waals surface area contributed by atoms with Crippen LogP contribution < -0.4 is 5.32 Å². The van der Waals surface area contributed by atoms with Gasteiger partial charge in [0, 0.05) is 18.2 Å². The second-order valence-corrected chi connectivity index (χ2v) is 6.31. The summed E-state index contributed by atoms with van der Waals surface area (Å²) in [5.41, 5.74) is 3.26. The van der Waals surface area contributed by atoms with Gasteiger partial charge in [-0.3, -0.25) is 4.79 Å². The summed E-state index contributed by atoms with van der Waals surface area (Å²) in [7, 11) is 0. The molecule has 0 spiro atoms. The molecule has 4 nitrogen and oxygen atoms in total. The van der Waals surface area contributed by atoms with Crippen LogP contribution in [0.1, 0.15) is 24.0 Å². The first-order valence-electron chi connectivity index (χ1n) is 8.63. The third-order valence-corrected chi connectivity index (χ3v) is 4.53. The second-order valence-electron chi connectivity index (χ2n) is 6.31. The maximum absolute atomic E-state index is 11.0. The Hall–Kier alpha value is -2.59. The molecule has 0 radical (unpaired) electrons. The van der Waals surface area contributed by atoms with Crippen LogP contribution in [0.5, 0.6) is 0 Å². The zero-order valence-corrected chi connectivity index (χ0v) is 14.1. The normalized spacial score (nSPS) is 19.8. The first-order chi connectivity index (χ1) is 12.2. The molecule has 0 saturated carbocycles. The van der Waals surface area contributed by atoms with E-state index in [9.17, 15) is 4.79 Å². The van der Waals surface area contributed by atoms with Gasteiger partial charge in [-0.1, -0.05) is 60.7 Å². The first-order valence-corrected chi connectivity index (χ1v) is 8.63. The zero-order valence-electron chi connectivity index (χ0n) is 14.1. The lowest BCUT2D eigenvalue weighted by molar-refractivity contribution is -0.142. The number of carboxylic acids is 1. The summed E-state index contributed by atoms with van der Waals surface area (Å²) in [5.74, 6) is -1.00. The van der Waals surface area contributed by atoms with E-state index in [0.717, 1.165) is 23.1 Å². The Kier molecular flexibility index (Phi) is 5.86. The summed E-state index contributed by atoms with van der Waals surface area (Å²) >= 11 is 0. The van der Waals surface area contributed by atoms with Crippen molar-refractivity contribution in [3.05, 3.63) is 78.1 Å². The lowest BCUT2D eigenvalue weighted by Crippen LogP contribution is -2.43. The number of carbonyl (C=O) groups is 1. The molecule has 130 valence electrons. The molecule has 2 aromatic carbocycles. The minimum Gasteiger partial charge on any atom is -0.499 e. The molecule has 2 N–H and O–H groups in total. The fraction of sp³-hybridized carbons (Fsp3) is 0.286. The van der Waals surface area contributed by atoms with Crippen molar-refractivity contribution in [3.8, 4) is 0 Å². The van der Waals surface area contributed by atoms with Crippen LogP contribution in [0.2, 0.25) is 0 Å². The molecule has 1 aliphatic rings. The monoisotopic (exact) mass is 337 g/mol. The summed E-state index contributed by atoms with van der Waals surface area (Å²) in [6, 6.07) is 20.5. The van der Waals surface area contributed by atoms with Gasteiger partial charge in [0.2, 0.25) is 0 Å². The van der Waals surface area contributed by atoms with Gasteiger partial charge in [0.05, 0.1) is 12.2 Å². The van der Waals surface area contributed by atoms with E-state index in [1.165, 1.54) is 0 Å². The van der Waals surface area contributed by atoms with Gasteiger partial charge in [-0.15, -0.1) is 0 Å². The van der Waals surface area contributed by atoms with Gasteiger partial charge in [-0.2, -0.15) is 0 Å². The van der Waals surface area contributed by atoms with Gasteiger partial charge >= 0.3 is 5.97 Å². The molecular formula is C21H23NO3. The van der Waals surface area contributed by atoms with Crippen LogP contribution in [0.3, 0.4) is 0 Å². The highest BCUT2D eigenvalue weighted by molar-refractivity contribution is 5.79. The number of benzene rings is 2. The van der Waals surface area contributed by atoms with Gasteiger partial charge < -0.3 is 15.2 Å². The Balaban J connectivity index is 1.65. The van der Waals surface area contributed by atoms with Crippen molar-refractivity contribution in [1.29, 1.82) is 0 Å². The van der Waals surface area contributed by atoms with Crippen molar-refractivity contribution in [1.82, 2.24) is 5.32 Å². The Morgan fingerprint density at radius 1 is 1.04 bits per heavy atom. The van der Waals surface area contributed by atoms with E-state index < -0.39 is 5.97 Å². The molecule has 25 heavy (non-hydrogen) atoms. The molecule has 0 unspecified atom stereocenters. The third kappa shape index (κ3) is 4.70. The van der Waals surface area contributed by atoms with Crippen LogP contribution in [0.4, 0.5) is 0 Å². The molecule has 0 aliphatic carbocycles. The standard InChI is InChI=1S/C21H23NO3/c23-21(24)18-11-12-19(22-13-18)14-25-15-20(16-7-3-1-4-8-16)17-9-5-2-6-10-17/h1-10,15,18-19,22H,11-14H2,(H,23,24)/t18-,19+/m1/s1. The minimum absolute atomic E-state index is 0.194. The fourth-order valence-corrected chi connectivity index (χ4v) is 3.05. The van der Waals surface area contributed by atoms with Crippen LogP contribution >= 0.6 is 0 Å². The summed E-state index contributed by atoms with van der Waals surface area (Å²) in [6.07, 6.45) is 3.33. The van der Waals surface area contributed by atoms with Crippen LogP contribution in [0.15, 0.2) is 66.9 Å². The number of carboxylic acid groups (broad SMARTS) is 1. The van der Waals surface area contributed by atoms with Crippen molar-refractivity contribution in [3.63, 3.8) is 0 Å². The molecule has 0 bridgehead atoms. The smallest absolute Gasteiger partial charge is 0.307 e. The Morgan fingerprint density at radius 3 is 2.12 bits per heavy atom. The summed E-state index contributed by atoms with van der Waals surface area (Å²) in [4.78, 5) is 11.0. The maximum atomic E-state index is 11.0. The number of piperidine rings is 1. The van der Waals surface area contributed by atoms with E-state index in [2.05, 4.69) is 29.6 Å². The van der Waals surface area contributed by atoms with E-state index in [0.29, 0.717) is 19.6 Å². The largest absolute Gasteiger partial charge is 0.499 e. The second kappa shape index (κ2) is 8.49. The molecule has 0 aromatic heterocycles. The average molecular weight is 337 g/mol. The van der Waals surface area contributed by atoms with E-state index in [-0.39, 0.29) is 12.0 Å². The van der Waals surface area contributed by atoms with Crippen LogP contribution in [-0.2, 0) is 9.53 Å². The summed E-state index contributed by atoms with van der Waals surface area (Å²) in [6.45, 7) is 1.05. The van der Waals surface area contributed by atoms with E-state index in [1.807, 2.05) is 42.7 Å². The molecule has 1 saturated heterocycles. The lowest BCUT2D eigenvalue weighted by atomic mass is 9.95. The van der Waals surface area contributed by atoms with E-state index in [1.54, 1.807) is 0 Å². The number of nitrogens with one attached hydrogen (secondary N) is 1. The summed E-state index contributed by atoms with van der Waals surface area (Å²) in [5, 5.41) is 12.3. The molecule has 4 heteroatoms. The molecule has 0 amide bonds. The van der Waals surface area contributed by atoms with Gasteiger partial charge in [0.1, 0.15) is 6.61 Å². The molecule has 2 aromatic rings. The predicted octanol–water partition coefficient (Wildman–Crippen LogP) is 3.55. The Morgan fingerprint density at radius 2 is 1.64 bits per heavy atom. The molecule has 1 fully saturated rings. The van der Waals surface area contributed by atoms with Gasteiger partial charge in [-0.25, -0.2) is 0 Å². The van der Waals surface area contributed by atoms with Crippen molar-refractivity contribution in [2.75, 3.05) is 13.2 Å². The quantitative estimate of drug-likeness (QED) is 0.792. The molecule has 2 atom stereocenters. The van der Waals surface area contributed by atoms with Crippen molar-refractivity contribution in [2.24, 2.45) is 5.92 Å². The fourth-order valence-electron chi connectivity index (χ4n) is 3.05. The minimum atomic E-state index is -0.720. The van der Waals surface area contributed by atoms with Crippen molar-refractivity contribution < 1.29 is 14.6 Å². The van der Waals surface area contributed by atoms with Crippen LogP contribution in [0, 0.1) is 5.92 Å². The lowest BCUT2D eigenvalue weighted by Gasteiger charge is -2.27. The van der Waals surface area contributed by atoms with Crippen molar-refractivity contribution >= 4 is 11.5 Å². The Labute approximate surface area is 148 Å². The molecule has 3 rings (SSSR count).